The summed E-state index contributed by atoms with van der Waals surface area (Å²) in [7, 11) is 2.06. The Morgan fingerprint density at radius 1 is 1.27 bits per heavy atom. The highest BCUT2D eigenvalue weighted by Gasteiger charge is 1.99. The standard InChI is InChI=1S/C9H19NS/c1-4-6-7-8-9(11)10(3)5-2/h4-8H2,1-3H3. The highest BCUT2D eigenvalue weighted by Crippen LogP contribution is 2.02. The van der Waals surface area contributed by atoms with Crippen molar-refractivity contribution in [2.45, 2.75) is 39.5 Å². The van der Waals surface area contributed by atoms with Gasteiger partial charge in [0.25, 0.3) is 0 Å². The van der Waals surface area contributed by atoms with Crippen LogP contribution in [0.5, 0.6) is 0 Å². The maximum absolute atomic E-state index is 5.22. The van der Waals surface area contributed by atoms with Gasteiger partial charge in [0.1, 0.15) is 0 Å². The van der Waals surface area contributed by atoms with Crippen LogP contribution in [0, 0.1) is 0 Å². The minimum atomic E-state index is 1.03. The van der Waals surface area contributed by atoms with Crippen molar-refractivity contribution < 1.29 is 0 Å². The molecule has 0 bridgehead atoms. The lowest BCUT2D eigenvalue weighted by Crippen LogP contribution is -2.24. The van der Waals surface area contributed by atoms with Gasteiger partial charge in [0.05, 0.1) is 4.99 Å². The topological polar surface area (TPSA) is 3.24 Å². The predicted molar refractivity (Wildman–Crippen MR) is 55.0 cm³/mol. The summed E-state index contributed by atoms with van der Waals surface area (Å²) in [5.74, 6) is 0. The zero-order chi connectivity index (χ0) is 8.69. The van der Waals surface area contributed by atoms with Crippen molar-refractivity contribution in [1.29, 1.82) is 0 Å². The predicted octanol–water partition coefficient (Wildman–Crippen LogP) is 2.85. The minimum Gasteiger partial charge on any atom is -0.370 e. The van der Waals surface area contributed by atoms with Crippen LogP contribution < -0.4 is 0 Å². The average molecular weight is 173 g/mol. The smallest absolute Gasteiger partial charge is 0.0776 e. The monoisotopic (exact) mass is 173 g/mol. The third-order valence-electron chi connectivity index (χ3n) is 1.89. The molecule has 0 saturated carbocycles. The van der Waals surface area contributed by atoms with Crippen molar-refractivity contribution >= 4 is 17.2 Å². The third-order valence-corrected chi connectivity index (χ3v) is 2.41. The second-order valence-electron chi connectivity index (χ2n) is 2.87. The highest BCUT2D eigenvalue weighted by molar-refractivity contribution is 7.80. The maximum atomic E-state index is 5.22. The van der Waals surface area contributed by atoms with Crippen LogP contribution in [0.4, 0.5) is 0 Å². The van der Waals surface area contributed by atoms with Crippen LogP contribution in [0.3, 0.4) is 0 Å². The molecule has 0 aliphatic rings. The molecule has 0 spiro atoms. The fourth-order valence-electron chi connectivity index (χ4n) is 0.893. The van der Waals surface area contributed by atoms with Crippen molar-refractivity contribution in [2.24, 2.45) is 0 Å². The van der Waals surface area contributed by atoms with Gasteiger partial charge in [0.15, 0.2) is 0 Å². The van der Waals surface area contributed by atoms with E-state index in [0.29, 0.717) is 0 Å². The Balaban J connectivity index is 3.36. The van der Waals surface area contributed by atoms with Crippen LogP contribution in [-0.2, 0) is 0 Å². The summed E-state index contributed by atoms with van der Waals surface area (Å²) in [6, 6.07) is 0. The second-order valence-corrected chi connectivity index (χ2v) is 3.34. The van der Waals surface area contributed by atoms with Gasteiger partial charge in [0, 0.05) is 13.6 Å². The Labute approximate surface area is 75.8 Å². The van der Waals surface area contributed by atoms with E-state index < -0.39 is 0 Å². The zero-order valence-corrected chi connectivity index (χ0v) is 8.71. The lowest BCUT2D eigenvalue weighted by molar-refractivity contribution is 0.527. The summed E-state index contributed by atoms with van der Waals surface area (Å²) in [4.78, 5) is 3.26. The number of rotatable bonds is 5. The van der Waals surface area contributed by atoms with Crippen LogP contribution in [0.1, 0.15) is 39.5 Å². The quantitative estimate of drug-likeness (QED) is 0.464. The first-order chi connectivity index (χ1) is 5.22. The first-order valence-electron chi connectivity index (χ1n) is 4.46. The zero-order valence-electron chi connectivity index (χ0n) is 7.89. The number of hydrogen-bond donors (Lipinski definition) is 0. The first kappa shape index (κ1) is 10.9. The Morgan fingerprint density at radius 2 is 1.91 bits per heavy atom. The van der Waals surface area contributed by atoms with Crippen LogP contribution in [0.25, 0.3) is 0 Å². The molecule has 0 aliphatic carbocycles. The van der Waals surface area contributed by atoms with E-state index >= 15 is 0 Å². The number of unbranched alkanes of at least 4 members (excludes halogenated alkanes) is 2. The normalized spacial score (nSPS) is 9.73. The Kier molecular flexibility index (Phi) is 6.52. The second kappa shape index (κ2) is 6.59. The molecular weight excluding hydrogens is 154 g/mol. The van der Waals surface area contributed by atoms with Crippen LogP contribution >= 0.6 is 12.2 Å². The van der Waals surface area contributed by atoms with Gasteiger partial charge in [-0.1, -0.05) is 32.0 Å². The van der Waals surface area contributed by atoms with Gasteiger partial charge in [0.2, 0.25) is 0 Å². The van der Waals surface area contributed by atoms with Gasteiger partial charge in [-0.25, -0.2) is 0 Å². The molecule has 1 nitrogen and oxygen atoms in total. The van der Waals surface area contributed by atoms with Crippen molar-refractivity contribution in [1.82, 2.24) is 4.90 Å². The van der Waals surface area contributed by atoms with Crippen LogP contribution in [0.15, 0.2) is 0 Å². The fourth-order valence-corrected chi connectivity index (χ4v) is 1.17. The van der Waals surface area contributed by atoms with Gasteiger partial charge in [-0.15, -0.1) is 0 Å². The van der Waals surface area contributed by atoms with E-state index in [1.54, 1.807) is 0 Å². The third kappa shape index (κ3) is 5.19. The maximum Gasteiger partial charge on any atom is 0.0776 e. The average Bonchev–Trinajstić information content (AvgIpc) is 2.03. The van der Waals surface area contributed by atoms with Crippen molar-refractivity contribution in [2.75, 3.05) is 13.6 Å². The van der Waals surface area contributed by atoms with Gasteiger partial charge in [-0.05, 0) is 19.8 Å². The lowest BCUT2D eigenvalue weighted by Gasteiger charge is -2.17. The van der Waals surface area contributed by atoms with Crippen molar-refractivity contribution in [3.8, 4) is 0 Å². The molecule has 0 aromatic rings. The van der Waals surface area contributed by atoms with Crippen LogP contribution in [0.2, 0.25) is 0 Å². The largest absolute Gasteiger partial charge is 0.370 e. The highest BCUT2D eigenvalue weighted by atomic mass is 32.1. The molecule has 11 heavy (non-hydrogen) atoms. The van der Waals surface area contributed by atoms with E-state index in [2.05, 4.69) is 25.8 Å². The molecule has 0 amide bonds. The molecule has 0 radical (unpaired) electrons. The number of thiocarbonyl (C=S) groups is 1. The minimum absolute atomic E-state index is 1.03. The molecule has 0 rings (SSSR count). The van der Waals surface area contributed by atoms with Gasteiger partial charge in [-0.2, -0.15) is 0 Å². The van der Waals surface area contributed by atoms with E-state index in [-0.39, 0.29) is 0 Å². The van der Waals surface area contributed by atoms with E-state index in [4.69, 9.17) is 12.2 Å². The van der Waals surface area contributed by atoms with E-state index in [1.165, 1.54) is 19.3 Å². The summed E-state index contributed by atoms with van der Waals surface area (Å²) in [6.45, 7) is 5.38. The molecule has 0 aliphatic heterocycles. The van der Waals surface area contributed by atoms with Gasteiger partial charge >= 0.3 is 0 Å². The first-order valence-corrected chi connectivity index (χ1v) is 4.87. The summed E-state index contributed by atoms with van der Waals surface area (Å²) >= 11 is 5.22. The summed E-state index contributed by atoms with van der Waals surface area (Å²) in [5.41, 5.74) is 0. The van der Waals surface area contributed by atoms with E-state index in [1.807, 2.05) is 0 Å². The molecule has 0 unspecified atom stereocenters. The SMILES string of the molecule is CCCCCC(=S)N(C)CC. The molecule has 0 fully saturated rings. The molecular formula is C9H19NS. The molecule has 66 valence electrons. The Bertz CT molecular complexity index is 112. The molecule has 0 saturated heterocycles. The lowest BCUT2D eigenvalue weighted by atomic mass is 10.2. The van der Waals surface area contributed by atoms with Crippen LogP contribution in [-0.4, -0.2) is 23.5 Å². The number of hydrogen-bond acceptors (Lipinski definition) is 1. The molecule has 0 heterocycles. The Hall–Kier alpha value is -0.110. The van der Waals surface area contributed by atoms with Gasteiger partial charge in [-0.3, -0.25) is 0 Å². The van der Waals surface area contributed by atoms with Crippen molar-refractivity contribution in [3.05, 3.63) is 0 Å². The van der Waals surface area contributed by atoms with Crippen molar-refractivity contribution in [3.63, 3.8) is 0 Å². The fraction of sp³-hybridized carbons (Fsp3) is 0.889. The molecule has 2 heteroatoms. The summed E-state index contributed by atoms with van der Waals surface area (Å²) in [6.07, 6.45) is 4.92. The molecule has 0 atom stereocenters. The molecule has 0 N–H and O–H groups in total. The number of nitrogens with zero attached hydrogens (tertiary/aromatic N) is 1. The van der Waals surface area contributed by atoms with Gasteiger partial charge < -0.3 is 4.90 Å². The molecule has 0 aromatic heterocycles. The molecule has 0 aromatic carbocycles. The summed E-state index contributed by atoms with van der Waals surface area (Å²) < 4.78 is 0. The van der Waals surface area contributed by atoms with E-state index in [9.17, 15) is 0 Å². The Morgan fingerprint density at radius 3 is 2.36 bits per heavy atom. The van der Waals surface area contributed by atoms with E-state index in [0.717, 1.165) is 18.0 Å². The summed E-state index contributed by atoms with van der Waals surface area (Å²) in [5, 5.41) is 0.